The summed E-state index contributed by atoms with van der Waals surface area (Å²) in [6.07, 6.45) is 6.68. The number of aliphatic hydroxyl groups is 5. The van der Waals surface area contributed by atoms with Crippen LogP contribution in [0.1, 0.15) is 66.2 Å². The first-order valence-corrected chi connectivity index (χ1v) is 12.6. The van der Waals surface area contributed by atoms with Gasteiger partial charge in [-0.15, -0.1) is 0 Å². The average Bonchev–Trinajstić information content (AvgIpc) is 3.00. The van der Waals surface area contributed by atoms with Crippen molar-refractivity contribution < 1.29 is 25.5 Å². The molecular formula is C26H44O5. The number of aliphatic hydroxyl groups excluding tert-OH is 5. The largest absolute Gasteiger partial charge is 0.396 e. The first kappa shape index (κ1) is 23.7. The van der Waals surface area contributed by atoms with E-state index in [-0.39, 0.29) is 47.2 Å². The third kappa shape index (κ3) is 3.63. The van der Waals surface area contributed by atoms with Crippen molar-refractivity contribution in [3.8, 4) is 0 Å². The molecule has 0 radical (unpaired) electrons. The van der Waals surface area contributed by atoms with Gasteiger partial charge in [0.25, 0.3) is 0 Å². The Bertz CT molecular complexity index is 681. The van der Waals surface area contributed by atoms with Crippen LogP contribution in [0.3, 0.4) is 0 Å². The van der Waals surface area contributed by atoms with Crippen molar-refractivity contribution >= 4 is 0 Å². The number of hydrogen-bond donors (Lipinski definition) is 5. The molecule has 4 aliphatic carbocycles. The van der Waals surface area contributed by atoms with E-state index in [0.29, 0.717) is 30.6 Å². The van der Waals surface area contributed by atoms with E-state index in [4.69, 9.17) is 0 Å². The molecule has 13 atom stereocenters. The maximum absolute atomic E-state index is 11.3. The Morgan fingerprint density at radius 2 is 1.48 bits per heavy atom. The fourth-order valence-electron chi connectivity index (χ4n) is 8.88. The third-order valence-corrected chi connectivity index (χ3v) is 10.4. The molecule has 178 valence electrons. The molecule has 4 rings (SSSR count). The smallest absolute Gasteiger partial charge is 0.0857 e. The van der Waals surface area contributed by atoms with Gasteiger partial charge >= 0.3 is 0 Å². The second kappa shape index (κ2) is 8.39. The van der Waals surface area contributed by atoms with E-state index in [9.17, 15) is 25.5 Å². The van der Waals surface area contributed by atoms with Crippen molar-refractivity contribution in [3.63, 3.8) is 0 Å². The van der Waals surface area contributed by atoms with E-state index in [2.05, 4.69) is 32.9 Å². The van der Waals surface area contributed by atoms with Gasteiger partial charge in [0.1, 0.15) is 0 Å². The van der Waals surface area contributed by atoms with E-state index in [0.717, 1.165) is 25.7 Å². The zero-order chi connectivity index (χ0) is 22.7. The Hall–Kier alpha value is -0.460. The second-order valence-electron chi connectivity index (χ2n) is 12.1. The van der Waals surface area contributed by atoms with Gasteiger partial charge in [0.2, 0.25) is 0 Å². The first-order valence-electron chi connectivity index (χ1n) is 12.6. The summed E-state index contributed by atoms with van der Waals surface area (Å²) in [4.78, 5) is 0. The van der Waals surface area contributed by atoms with Crippen LogP contribution in [-0.2, 0) is 0 Å². The Morgan fingerprint density at radius 1 is 0.839 bits per heavy atom. The minimum atomic E-state index is -0.858. The Balaban J connectivity index is 1.61. The predicted molar refractivity (Wildman–Crippen MR) is 120 cm³/mol. The van der Waals surface area contributed by atoms with E-state index in [1.807, 2.05) is 6.92 Å². The van der Waals surface area contributed by atoms with Gasteiger partial charge in [-0.3, -0.25) is 0 Å². The van der Waals surface area contributed by atoms with Crippen LogP contribution in [0.5, 0.6) is 0 Å². The number of allylic oxidation sites excluding steroid dienone is 1. The third-order valence-electron chi connectivity index (χ3n) is 10.4. The van der Waals surface area contributed by atoms with Crippen LogP contribution in [0.15, 0.2) is 12.2 Å². The molecule has 5 heteroatoms. The van der Waals surface area contributed by atoms with Gasteiger partial charge in [0, 0.05) is 12.5 Å². The minimum absolute atomic E-state index is 0.0303. The van der Waals surface area contributed by atoms with Crippen molar-refractivity contribution in [2.75, 3.05) is 6.61 Å². The van der Waals surface area contributed by atoms with Crippen LogP contribution in [0.4, 0.5) is 0 Å². The van der Waals surface area contributed by atoms with Crippen LogP contribution in [0, 0.1) is 52.3 Å². The zero-order valence-corrected chi connectivity index (χ0v) is 19.7. The molecule has 0 heterocycles. The summed E-state index contributed by atoms with van der Waals surface area (Å²) in [5, 5.41) is 52.8. The molecule has 0 aromatic rings. The number of fused-ring (bicyclic) bond motifs is 5. The minimum Gasteiger partial charge on any atom is -0.396 e. The SMILES string of the molecule is CC(/C=C/[C@@H](C)[C@H]1C[C@@H](O)C2[C@@H]3C[C@H](O)C4[C@@H](O)[C@@H](O)CC[C@]4(C)[C@H]3CC[C@@]21C)CO. The molecule has 5 nitrogen and oxygen atoms in total. The van der Waals surface area contributed by atoms with E-state index in [1.54, 1.807) is 0 Å². The van der Waals surface area contributed by atoms with Gasteiger partial charge in [0.05, 0.1) is 24.4 Å². The standard InChI is InChI=1S/C26H44O5/c1-14(13-27)5-6-15(2)18-12-21(30)22-16-11-20(29)23-24(31)19(28)8-10-25(23,3)17(16)7-9-26(18,22)4/h5-6,14-24,27-31H,7-13H2,1-4H3/b6-5+/t14?,15-,16-,17+,18-,19+,20+,21-,22?,23?,24+,25-,26-/m1/s1. The normalized spacial score (nSPS) is 54.2. The van der Waals surface area contributed by atoms with E-state index < -0.39 is 18.3 Å². The van der Waals surface area contributed by atoms with Gasteiger partial charge in [0.15, 0.2) is 0 Å². The Kier molecular flexibility index (Phi) is 6.41. The second-order valence-corrected chi connectivity index (χ2v) is 12.1. The van der Waals surface area contributed by atoms with Crippen LogP contribution >= 0.6 is 0 Å². The fourth-order valence-corrected chi connectivity index (χ4v) is 8.88. The number of hydrogen-bond acceptors (Lipinski definition) is 5. The van der Waals surface area contributed by atoms with Crippen molar-refractivity contribution in [1.29, 1.82) is 0 Å². The summed E-state index contributed by atoms with van der Waals surface area (Å²) in [7, 11) is 0. The highest BCUT2D eigenvalue weighted by Crippen LogP contribution is 2.68. The lowest BCUT2D eigenvalue weighted by molar-refractivity contribution is -0.217. The molecule has 5 N–H and O–H groups in total. The molecule has 0 bridgehead atoms. The lowest BCUT2D eigenvalue weighted by Crippen LogP contribution is -2.63. The topological polar surface area (TPSA) is 101 Å². The van der Waals surface area contributed by atoms with Gasteiger partial charge < -0.3 is 25.5 Å². The van der Waals surface area contributed by atoms with Crippen LogP contribution < -0.4 is 0 Å². The van der Waals surface area contributed by atoms with Crippen molar-refractivity contribution in [3.05, 3.63) is 12.2 Å². The van der Waals surface area contributed by atoms with Crippen molar-refractivity contribution in [2.45, 2.75) is 90.6 Å². The van der Waals surface area contributed by atoms with Crippen LogP contribution in [0.2, 0.25) is 0 Å². The molecule has 0 spiro atoms. The molecule has 3 unspecified atom stereocenters. The molecule has 4 fully saturated rings. The molecule has 31 heavy (non-hydrogen) atoms. The zero-order valence-electron chi connectivity index (χ0n) is 19.7. The van der Waals surface area contributed by atoms with Crippen molar-refractivity contribution in [2.24, 2.45) is 52.3 Å². The molecule has 4 saturated carbocycles. The van der Waals surface area contributed by atoms with Gasteiger partial charge in [-0.25, -0.2) is 0 Å². The molecule has 0 amide bonds. The summed E-state index contributed by atoms with van der Waals surface area (Å²) in [5.74, 6) is 1.37. The van der Waals surface area contributed by atoms with Crippen LogP contribution in [0.25, 0.3) is 0 Å². The highest BCUT2D eigenvalue weighted by molar-refractivity contribution is 5.15. The summed E-state index contributed by atoms with van der Waals surface area (Å²) in [5.41, 5.74) is -0.162. The predicted octanol–water partition coefficient (Wildman–Crippen LogP) is 2.74. The Labute approximate surface area is 187 Å². The lowest BCUT2D eigenvalue weighted by atomic mass is 9.43. The van der Waals surface area contributed by atoms with Gasteiger partial charge in [-0.1, -0.05) is 39.8 Å². The highest BCUT2D eigenvalue weighted by atomic mass is 16.3. The quantitative estimate of drug-likeness (QED) is 0.436. The first-order chi connectivity index (χ1) is 14.5. The molecular weight excluding hydrogens is 392 g/mol. The van der Waals surface area contributed by atoms with Gasteiger partial charge in [-0.2, -0.15) is 0 Å². The Morgan fingerprint density at radius 3 is 2.16 bits per heavy atom. The molecule has 0 aromatic heterocycles. The summed E-state index contributed by atoms with van der Waals surface area (Å²) in [6, 6.07) is 0. The van der Waals surface area contributed by atoms with Crippen LogP contribution in [-0.4, -0.2) is 56.6 Å². The average molecular weight is 437 g/mol. The lowest BCUT2D eigenvalue weighted by Gasteiger charge is -2.63. The molecule has 0 aliphatic heterocycles. The molecule has 0 saturated heterocycles. The summed E-state index contributed by atoms with van der Waals surface area (Å²) in [6.45, 7) is 8.98. The maximum Gasteiger partial charge on any atom is 0.0857 e. The summed E-state index contributed by atoms with van der Waals surface area (Å²) >= 11 is 0. The highest BCUT2D eigenvalue weighted by Gasteiger charge is 2.65. The number of rotatable bonds is 4. The monoisotopic (exact) mass is 436 g/mol. The fraction of sp³-hybridized carbons (Fsp3) is 0.923. The van der Waals surface area contributed by atoms with E-state index in [1.165, 1.54) is 0 Å². The van der Waals surface area contributed by atoms with Gasteiger partial charge in [-0.05, 0) is 84.9 Å². The molecule has 4 aliphatic rings. The van der Waals surface area contributed by atoms with Crippen molar-refractivity contribution in [1.82, 2.24) is 0 Å². The molecule has 0 aromatic carbocycles. The van der Waals surface area contributed by atoms with E-state index >= 15 is 0 Å². The summed E-state index contributed by atoms with van der Waals surface area (Å²) < 4.78 is 0. The maximum atomic E-state index is 11.3.